The van der Waals surface area contributed by atoms with Gasteiger partial charge in [0, 0.05) is 32.9 Å². The Bertz CT molecular complexity index is 571. The molecule has 0 aromatic carbocycles. The fraction of sp³-hybridized carbons (Fsp3) is 0.545. The second kappa shape index (κ2) is 5.32. The van der Waals surface area contributed by atoms with E-state index in [9.17, 15) is 13.2 Å². The first-order chi connectivity index (χ1) is 8.93. The molecule has 0 saturated carbocycles. The van der Waals surface area contributed by atoms with Crippen molar-refractivity contribution in [1.29, 1.82) is 0 Å². The predicted molar refractivity (Wildman–Crippen MR) is 70.2 cm³/mol. The highest BCUT2D eigenvalue weighted by atomic mass is 32.2. The lowest BCUT2D eigenvalue weighted by molar-refractivity contribution is 0.0992. The van der Waals surface area contributed by atoms with Gasteiger partial charge in [0.05, 0.1) is 0 Å². The molecular weight excluding hydrogens is 268 g/mol. The highest BCUT2D eigenvalue weighted by Gasteiger charge is 2.27. The normalized spacial score (nSPS) is 18.2. The summed E-state index contributed by atoms with van der Waals surface area (Å²) in [6.45, 7) is 2.36. The molecule has 0 aliphatic carbocycles. The van der Waals surface area contributed by atoms with E-state index >= 15 is 0 Å². The average Bonchev–Trinajstić information content (AvgIpc) is 2.58. The molecular formula is C11H18N4O3S. The standard InChI is InChI=1S/C11H18N4O3S/c1-14-8-9(7-10(14)11(12)16)19(17,18)15-5-2-3-13-4-6-15/h7-8,13H,2-6H2,1H3,(H2,12,16). The summed E-state index contributed by atoms with van der Waals surface area (Å²) in [7, 11) is -1.96. The van der Waals surface area contributed by atoms with Gasteiger partial charge in [-0.05, 0) is 19.0 Å². The first kappa shape index (κ1) is 14.0. The van der Waals surface area contributed by atoms with E-state index < -0.39 is 15.9 Å². The maximum atomic E-state index is 12.5. The number of carbonyl (C=O) groups is 1. The Morgan fingerprint density at radius 2 is 2.11 bits per heavy atom. The molecule has 0 unspecified atom stereocenters. The zero-order valence-corrected chi connectivity index (χ0v) is 11.6. The first-order valence-corrected chi connectivity index (χ1v) is 7.54. The summed E-state index contributed by atoms with van der Waals surface area (Å²) in [5.41, 5.74) is 5.38. The summed E-state index contributed by atoms with van der Waals surface area (Å²) in [6.07, 6.45) is 2.20. The molecule has 0 radical (unpaired) electrons. The Kier molecular flexibility index (Phi) is 3.93. The molecule has 0 atom stereocenters. The Hall–Kier alpha value is -1.38. The maximum Gasteiger partial charge on any atom is 0.265 e. The van der Waals surface area contributed by atoms with Crippen LogP contribution in [0.4, 0.5) is 0 Å². The zero-order chi connectivity index (χ0) is 14.0. The Labute approximate surface area is 112 Å². The van der Waals surface area contributed by atoms with Crippen molar-refractivity contribution < 1.29 is 13.2 Å². The van der Waals surface area contributed by atoms with Gasteiger partial charge in [-0.25, -0.2) is 8.42 Å². The third kappa shape index (κ3) is 2.80. The van der Waals surface area contributed by atoms with E-state index in [1.165, 1.54) is 21.1 Å². The van der Waals surface area contributed by atoms with Crippen molar-refractivity contribution in [3.8, 4) is 0 Å². The molecule has 1 saturated heterocycles. The number of rotatable bonds is 3. The van der Waals surface area contributed by atoms with E-state index in [0.29, 0.717) is 19.6 Å². The highest BCUT2D eigenvalue weighted by molar-refractivity contribution is 7.89. The molecule has 3 N–H and O–H groups in total. The van der Waals surface area contributed by atoms with Crippen LogP contribution >= 0.6 is 0 Å². The average molecular weight is 286 g/mol. The van der Waals surface area contributed by atoms with E-state index in [1.807, 2.05) is 0 Å². The molecule has 1 aromatic rings. The van der Waals surface area contributed by atoms with Gasteiger partial charge in [-0.15, -0.1) is 0 Å². The number of nitrogens with one attached hydrogen (secondary N) is 1. The summed E-state index contributed by atoms with van der Waals surface area (Å²) >= 11 is 0. The second-order valence-corrected chi connectivity index (χ2v) is 6.48. The number of hydrogen-bond acceptors (Lipinski definition) is 4. The minimum Gasteiger partial charge on any atom is -0.364 e. The topological polar surface area (TPSA) is 97.4 Å². The molecule has 2 rings (SSSR count). The van der Waals surface area contributed by atoms with Crippen molar-refractivity contribution in [3.05, 3.63) is 18.0 Å². The molecule has 7 nitrogen and oxygen atoms in total. The van der Waals surface area contributed by atoms with E-state index in [2.05, 4.69) is 5.32 Å². The van der Waals surface area contributed by atoms with Crippen LogP contribution in [-0.2, 0) is 17.1 Å². The van der Waals surface area contributed by atoms with Gasteiger partial charge in [0.1, 0.15) is 10.6 Å². The fourth-order valence-electron chi connectivity index (χ4n) is 2.13. The molecule has 0 spiro atoms. The number of nitrogens with two attached hydrogens (primary N) is 1. The van der Waals surface area contributed by atoms with Crippen LogP contribution in [-0.4, -0.2) is 49.4 Å². The number of aryl methyl sites for hydroxylation is 1. The van der Waals surface area contributed by atoms with E-state index in [4.69, 9.17) is 5.73 Å². The first-order valence-electron chi connectivity index (χ1n) is 6.10. The minimum absolute atomic E-state index is 0.116. The fourth-order valence-corrected chi connectivity index (χ4v) is 3.68. The summed E-state index contributed by atoms with van der Waals surface area (Å²) in [6, 6.07) is 1.33. The molecule has 1 aliphatic rings. The summed E-state index contributed by atoms with van der Waals surface area (Å²) in [5, 5.41) is 3.15. The summed E-state index contributed by atoms with van der Waals surface area (Å²) < 4.78 is 27.8. The molecule has 1 aliphatic heterocycles. The van der Waals surface area contributed by atoms with Gasteiger partial charge in [0.2, 0.25) is 10.0 Å². The van der Waals surface area contributed by atoms with E-state index in [1.54, 1.807) is 7.05 Å². The van der Waals surface area contributed by atoms with Crippen LogP contribution in [0.3, 0.4) is 0 Å². The molecule has 1 aromatic heterocycles. The number of aromatic nitrogens is 1. The number of amides is 1. The van der Waals surface area contributed by atoms with Crippen molar-refractivity contribution in [3.63, 3.8) is 0 Å². The van der Waals surface area contributed by atoms with Crippen LogP contribution in [0.15, 0.2) is 17.2 Å². The lowest BCUT2D eigenvalue weighted by Crippen LogP contribution is -2.34. The predicted octanol–water partition coefficient (Wildman–Crippen LogP) is -0.892. The number of carbonyl (C=O) groups excluding carboxylic acids is 1. The Morgan fingerprint density at radius 3 is 2.74 bits per heavy atom. The Morgan fingerprint density at radius 1 is 1.37 bits per heavy atom. The third-order valence-electron chi connectivity index (χ3n) is 3.17. The van der Waals surface area contributed by atoms with Crippen LogP contribution < -0.4 is 11.1 Å². The summed E-state index contributed by atoms with van der Waals surface area (Å²) in [4.78, 5) is 11.3. The van der Waals surface area contributed by atoms with Gasteiger partial charge >= 0.3 is 0 Å². The molecule has 8 heteroatoms. The number of sulfonamides is 1. The molecule has 0 bridgehead atoms. The SMILES string of the molecule is Cn1cc(S(=O)(=O)N2CCCNCC2)cc1C(N)=O. The van der Waals surface area contributed by atoms with Gasteiger partial charge < -0.3 is 15.6 Å². The molecule has 19 heavy (non-hydrogen) atoms. The molecule has 106 valence electrons. The molecule has 1 fully saturated rings. The van der Waals surface area contributed by atoms with Crippen LogP contribution in [0.25, 0.3) is 0 Å². The third-order valence-corrected chi connectivity index (χ3v) is 5.03. The lowest BCUT2D eigenvalue weighted by atomic mass is 10.4. The van der Waals surface area contributed by atoms with Crippen LogP contribution in [0, 0.1) is 0 Å². The van der Waals surface area contributed by atoms with Crippen molar-refractivity contribution in [2.75, 3.05) is 26.2 Å². The van der Waals surface area contributed by atoms with Crippen molar-refractivity contribution in [1.82, 2.24) is 14.2 Å². The van der Waals surface area contributed by atoms with Crippen molar-refractivity contribution in [2.45, 2.75) is 11.3 Å². The van der Waals surface area contributed by atoms with Gasteiger partial charge in [-0.3, -0.25) is 4.79 Å². The minimum atomic E-state index is -3.56. The van der Waals surface area contributed by atoms with Crippen molar-refractivity contribution >= 4 is 15.9 Å². The van der Waals surface area contributed by atoms with Gasteiger partial charge in [-0.1, -0.05) is 0 Å². The van der Waals surface area contributed by atoms with Crippen molar-refractivity contribution in [2.24, 2.45) is 12.8 Å². The van der Waals surface area contributed by atoms with Crippen LogP contribution in [0.5, 0.6) is 0 Å². The quantitative estimate of drug-likeness (QED) is 0.753. The van der Waals surface area contributed by atoms with Gasteiger partial charge in [0.25, 0.3) is 5.91 Å². The smallest absolute Gasteiger partial charge is 0.265 e. The second-order valence-electron chi connectivity index (χ2n) is 4.54. The van der Waals surface area contributed by atoms with E-state index in [0.717, 1.165) is 13.0 Å². The van der Waals surface area contributed by atoms with Crippen LogP contribution in [0.1, 0.15) is 16.9 Å². The highest BCUT2D eigenvalue weighted by Crippen LogP contribution is 2.19. The molecule has 1 amide bonds. The lowest BCUT2D eigenvalue weighted by Gasteiger charge is -2.18. The monoisotopic (exact) mass is 286 g/mol. The van der Waals surface area contributed by atoms with Gasteiger partial charge in [-0.2, -0.15) is 4.31 Å². The Balaban J connectivity index is 2.33. The largest absolute Gasteiger partial charge is 0.364 e. The number of hydrogen-bond donors (Lipinski definition) is 2. The maximum absolute atomic E-state index is 12.5. The van der Waals surface area contributed by atoms with Crippen LogP contribution in [0.2, 0.25) is 0 Å². The number of primary amides is 1. The van der Waals surface area contributed by atoms with Gasteiger partial charge in [0.15, 0.2) is 0 Å². The zero-order valence-electron chi connectivity index (χ0n) is 10.8. The van der Waals surface area contributed by atoms with E-state index in [-0.39, 0.29) is 10.6 Å². The molecule has 2 heterocycles. The summed E-state index contributed by atoms with van der Waals surface area (Å²) in [5.74, 6) is -0.638. The number of nitrogens with zero attached hydrogens (tertiary/aromatic N) is 2.